The molecule has 1 aliphatic heterocycles. The van der Waals surface area contributed by atoms with E-state index >= 15 is 0 Å². The van der Waals surface area contributed by atoms with Crippen LogP contribution in [0, 0.1) is 17.2 Å². The van der Waals surface area contributed by atoms with Gasteiger partial charge in [-0.3, -0.25) is 4.79 Å². The van der Waals surface area contributed by atoms with Crippen LogP contribution in [0.4, 0.5) is 5.69 Å². The molecule has 7 nitrogen and oxygen atoms in total. The highest BCUT2D eigenvalue weighted by Gasteiger charge is 2.47. The number of sulfone groups is 1. The highest BCUT2D eigenvalue weighted by Crippen LogP contribution is 2.47. The fourth-order valence-corrected chi connectivity index (χ4v) is 8.79. The number of nitrogens with one attached hydrogen (secondary N) is 1. The Morgan fingerprint density at radius 1 is 1.05 bits per heavy atom. The summed E-state index contributed by atoms with van der Waals surface area (Å²) in [5, 5.41) is 13.7. The van der Waals surface area contributed by atoms with Crippen LogP contribution in [0.1, 0.15) is 74.6 Å². The molecule has 2 saturated carbocycles. The van der Waals surface area contributed by atoms with Gasteiger partial charge in [0.05, 0.1) is 28.1 Å². The summed E-state index contributed by atoms with van der Waals surface area (Å²) in [6.45, 7) is 5.42. The highest BCUT2D eigenvalue weighted by atomic mass is 32.2. The molecular weight excluding hydrogens is 565 g/mol. The smallest absolute Gasteiger partial charge is 0.225 e. The summed E-state index contributed by atoms with van der Waals surface area (Å²) >= 11 is 1.70. The average Bonchev–Trinajstić information content (AvgIpc) is 3.63. The second kappa shape index (κ2) is 11.1. The van der Waals surface area contributed by atoms with Crippen molar-refractivity contribution in [3.8, 4) is 16.5 Å². The van der Waals surface area contributed by atoms with Crippen LogP contribution < -0.4 is 10.2 Å². The van der Waals surface area contributed by atoms with Crippen molar-refractivity contribution in [3.05, 3.63) is 70.9 Å². The van der Waals surface area contributed by atoms with E-state index in [1.54, 1.807) is 11.3 Å². The molecule has 42 heavy (non-hydrogen) atoms. The number of rotatable bonds is 7. The molecule has 0 bridgehead atoms. The van der Waals surface area contributed by atoms with Crippen LogP contribution in [0.3, 0.4) is 0 Å². The van der Waals surface area contributed by atoms with Gasteiger partial charge in [-0.05, 0) is 62.8 Å². The van der Waals surface area contributed by atoms with Crippen molar-refractivity contribution in [1.29, 1.82) is 5.26 Å². The van der Waals surface area contributed by atoms with Gasteiger partial charge in [-0.1, -0.05) is 55.3 Å². The molecule has 1 saturated heterocycles. The third-order valence-corrected chi connectivity index (χ3v) is 12.4. The van der Waals surface area contributed by atoms with Crippen LogP contribution >= 0.6 is 11.3 Å². The summed E-state index contributed by atoms with van der Waals surface area (Å²) in [4.78, 5) is 22.2. The van der Waals surface area contributed by atoms with Crippen molar-refractivity contribution >= 4 is 32.8 Å². The third-order valence-electron chi connectivity index (χ3n) is 9.30. The van der Waals surface area contributed by atoms with E-state index in [0.717, 1.165) is 65.4 Å². The van der Waals surface area contributed by atoms with Gasteiger partial charge in [0.25, 0.3) is 0 Å². The standard InChI is InChI=1S/C33H38N4O3S2/c1-32(2,24-8-4-3-5-9-24)31-35-28(26-10-6-7-11-27(26)30(38)36-33(22-34)16-17-33)29(41-31)23-12-14-25(15-13-23)37-18-20-42(39,40)21-19-37/h3-5,8-9,12-15,26-27H,6-7,10-11,16-21H2,1-2H3,(H,36,38). The van der Waals surface area contributed by atoms with Crippen LogP contribution in [0.15, 0.2) is 54.6 Å². The Kier molecular flexibility index (Phi) is 7.65. The molecule has 3 fully saturated rings. The van der Waals surface area contributed by atoms with Crippen LogP contribution in [-0.2, 0) is 20.0 Å². The zero-order valence-electron chi connectivity index (χ0n) is 24.3. The molecule has 220 valence electrons. The summed E-state index contributed by atoms with van der Waals surface area (Å²) in [5.74, 6) is 0.116. The number of amides is 1. The van der Waals surface area contributed by atoms with Gasteiger partial charge in [-0.25, -0.2) is 13.4 Å². The normalized spacial score (nSPS) is 23.1. The van der Waals surface area contributed by atoms with Gasteiger partial charge in [0.2, 0.25) is 5.91 Å². The van der Waals surface area contributed by atoms with Crippen molar-refractivity contribution in [2.45, 2.75) is 69.2 Å². The zero-order valence-corrected chi connectivity index (χ0v) is 25.9. The molecule has 1 aromatic heterocycles. The van der Waals surface area contributed by atoms with Crippen molar-refractivity contribution in [1.82, 2.24) is 10.3 Å². The Hall–Kier alpha value is -3.22. The molecule has 3 aliphatic rings. The molecular formula is C33H38N4O3S2. The average molecular weight is 603 g/mol. The minimum absolute atomic E-state index is 0.0167. The molecule has 2 atom stereocenters. The maximum atomic E-state index is 13.6. The van der Waals surface area contributed by atoms with E-state index in [4.69, 9.17) is 4.98 Å². The van der Waals surface area contributed by atoms with Crippen LogP contribution in [0.2, 0.25) is 0 Å². The Labute approximate surface area is 252 Å². The topological polar surface area (TPSA) is 103 Å². The van der Waals surface area contributed by atoms with Crippen LogP contribution in [0.5, 0.6) is 0 Å². The lowest BCUT2D eigenvalue weighted by Crippen LogP contribution is -2.42. The van der Waals surface area contributed by atoms with Gasteiger partial charge in [0, 0.05) is 36.0 Å². The zero-order chi connectivity index (χ0) is 29.5. The molecule has 1 amide bonds. The Bertz CT molecular complexity index is 1590. The first-order valence-electron chi connectivity index (χ1n) is 15.0. The van der Waals surface area contributed by atoms with Gasteiger partial charge < -0.3 is 10.2 Å². The summed E-state index contributed by atoms with van der Waals surface area (Å²) < 4.78 is 23.9. The van der Waals surface area contributed by atoms with Crippen LogP contribution in [0.25, 0.3) is 10.4 Å². The monoisotopic (exact) mass is 602 g/mol. The number of hydrogen-bond acceptors (Lipinski definition) is 7. The molecule has 2 aromatic carbocycles. The highest BCUT2D eigenvalue weighted by molar-refractivity contribution is 7.91. The second-order valence-corrected chi connectivity index (χ2v) is 15.9. The van der Waals surface area contributed by atoms with Crippen molar-refractivity contribution in [3.63, 3.8) is 0 Å². The molecule has 3 aromatic rings. The number of nitrogens with zero attached hydrogens (tertiary/aromatic N) is 3. The summed E-state index contributed by atoms with van der Waals surface area (Å²) in [7, 11) is -2.95. The van der Waals surface area contributed by atoms with Crippen LogP contribution in [-0.4, -0.2) is 49.4 Å². The molecule has 6 rings (SSSR count). The molecule has 0 spiro atoms. The first-order chi connectivity index (χ1) is 20.1. The van der Waals surface area contributed by atoms with E-state index in [1.165, 1.54) is 5.56 Å². The van der Waals surface area contributed by atoms with Gasteiger partial charge in [-0.15, -0.1) is 11.3 Å². The Morgan fingerprint density at radius 2 is 1.71 bits per heavy atom. The lowest BCUT2D eigenvalue weighted by Gasteiger charge is -2.31. The summed E-state index contributed by atoms with van der Waals surface area (Å²) in [6.07, 6.45) is 5.17. The lowest BCUT2D eigenvalue weighted by molar-refractivity contribution is -0.127. The van der Waals surface area contributed by atoms with Crippen molar-refractivity contribution in [2.75, 3.05) is 29.5 Å². The number of hydrogen-bond donors (Lipinski definition) is 1. The molecule has 0 radical (unpaired) electrons. The van der Waals surface area contributed by atoms with E-state index in [0.29, 0.717) is 13.1 Å². The maximum absolute atomic E-state index is 13.6. The number of aromatic nitrogens is 1. The quantitative estimate of drug-likeness (QED) is 0.366. The van der Waals surface area contributed by atoms with Gasteiger partial charge in [0.15, 0.2) is 9.84 Å². The number of anilines is 1. The molecule has 2 heterocycles. The number of benzene rings is 2. The third kappa shape index (κ3) is 5.71. The number of nitriles is 1. The number of carbonyl (C=O) groups is 1. The lowest BCUT2D eigenvalue weighted by atomic mass is 9.76. The maximum Gasteiger partial charge on any atom is 0.225 e. The summed E-state index contributed by atoms with van der Waals surface area (Å²) in [6, 6.07) is 21.1. The molecule has 2 unspecified atom stereocenters. The predicted molar refractivity (Wildman–Crippen MR) is 167 cm³/mol. The van der Waals surface area contributed by atoms with E-state index in [-0.39, 0.29) is 34.7 Å². The minimum Gasteiger partial charge on any atom is -0.369 e. The fourth-order valence-electron chi connectivity index (χ4n) is 6.32. The number of carbonyl (C=O) groups excluding carboxylic acids is 1. The first kappa shape index (κ1) is 28.9. The van der Waals surface area contributed by atoms with Crippen molar-refractivity contribution in [2.24, 2.45) is 5.92 Å². The minimum atomic E-state index is -2.95. The molecule has 2 aliphatic carbocycles. The van der Waals surface area contributed by atoms with Gasteiger partial charge >= 0.3 is 0 Å². The summed E-state index contributed by atoms with van der Waals surface area (Å²) in [5.41, 5.74) is 3.25. The largest absolute Gasteiger partial charge is 0.369 e. The Balaban J connectivity index is 1.37. The first-order valence-corrected chi connectivity index (χ1v) is 17.6. The SMILES string of the molecule is CC(C)(c1ccccc1)c1nc(C2CCCCC2C(=O)NC2(C#N)CC2)c(-c2ccc(N3CCS(=O)(=O)CC3)cc2)s1. The van der Waals surface area contributed by atoms with E-state index in [9.17, 15) is 18.5 Å². The second-order valence-electron chi connectivity index (χ2n) is 12.6. The van der Waals surface area contributed by atoms with E-state index in [2.05, 4.69) is 78.7 Å². The Morgan fingerprint density at radius 3 is 2.36 bits per heavy atom. The number of thiazole rings is 1. The van der Waals surface area contributed by atoms with Gasteiger partial charge in [0.1, 0.15) is 10.5 Å². The fraction of sp³-hybridized carbons (Fsp3) is 0.485. The van der Waals surface area contributed by atoms with E-state index in [1.807, 2.05) is 6.07 Å². The van der Waals surface area contributed by atoms with Crippen molar-refractivity contribution < 1.29 is 13.2 Å². The predicted octanol–water partition coefficient (Wildman–Crippen LogP) is 5.82. The molecule has 1 N–H and O–H groups in total. The van der Waals surface area contributed by atoms with E-state index < -0.39 is 15.4 Å². The molecule has 9 heteroatoms. The van der Waals surface area contributed by atoms with Gasteiger partial charge in [-0.2, -0.15) is 5.26 Å².